The highest BCUT2D eigenvalue weighted by molar-refractivity contribution is 6.31. The summed E-state index contributed by atoms with van der Waals surface area (Å²) in [5, 5.41) is 27.8. The van der Waals surface area contributed by atoms with Crippen molar-refractivity contribution >= 4 is 34.6 Å². The molecule has 1 aromatic carbocycles. The molecule has 0 atom stereocenters. The Kier molecular flexibility index (Phi) is 4.04. The Labute approximate surface area is 127 Å². The maximum absolute atomic E-state index is 12.1. The van der Waals surface area contributed by atoms with Crippen LogP contribution in [0.4, 0.5) is 17.1 Å². The Hall–Kier alpha value is -3.01. The molecule has 0 aliphatic heterocycles. The van der Waals surface area contributed by atoms with Crippen molar-refractivity contribution in [3.05, 3.63) is 55.3 Å². The molecule has 0 bridgehead atoms. The maximum Gasteiger partial charge on any atom is 0.320 e. The van der Waals surface area contributed by atoms with E-state index < -0.39 is 32.8 Å². The van der Waals surface area contributed by atoms with Crippen molar-refractivity contribution in [3.63, 3.8) is 0 Å². The van der Waals surface area contributed by atoms with Gasteiger partial charge in [0.1, 0.15) is 11.9 Å². The van der Waals surface area contributed by atoms with Crippen LogP contribution < -0.4 is 5.32 Å². The fraction of sp³-hybridized carbons (Fsp3) is 0.0909. The van der Waals surface area contributed by atoms with Crippen LogP contribution in [0.25, 0.3) is 0 Å². The molecule has 0 aliphatic carbocycles. The minimum atomic E-state index is -0.933. The quantitative estimate of drug-likeness (QED) is 0.676. The first-order chi connectivity index (χ1) is 10.3. The molecule has 0 saturated carbocycles. The van der Waals surface area contributed by atoms with Crippen LogP contribution in [-0.2, 0) is 7.05 Å². The first-order valence-corrected chi connectivity index (χ1v) is 6.10. The van der Waals surface area contributed by atoms with E-state index in [0.717, 1.165) is 16.9 Å². The molecule has 1 N–H and O–H groups in total. The number of aromatic nitrogens is 2. The Morgan fingerprint density at radius 2 is 1.91 bits per heavy atom. The van der Waals surface area contributed by atoms with Crippen LogP contribution in [0.15, 0.2) is 24.4 Å². The van der Waals surface area contributed by atoms with E-state index in [9.17, 15) is 25.0 Å². The third kappa shape index (κ3) is 3.01. The van der Waals surface area contributed by atoms with Crippen molar-refractivity contribution in [2.75, 3.05) is 5.32 Å². The van der Waals surface area contributed by atoms with Crippen molar-refractivity contribution in [2.24, 2.45) is 7.05 Å². The highest BCUT2D eigenvalue weighted by Crippen LogP contribution is 2.28. The van der Waals surface area contributed by atoms with E-state index in [4.69, 9.17) is 11.6 Å². The van der Waals surface area contributed by atoms with Crippen LogP contribution in [0.3, 0.4) is 0 Å². The van der Waals surface area contributed by atoms with Gasteiger partial charge in [0.15, 0.2) is 0 Å². The second kappa shape index (κ2) is 5.77. The monoisotopic (exact) mass is 325 g/mol. The Morgan fingerprint density at radius 3 is 2.50 bits per heavy atom. The van der Waals surface area contributed by atoms with E-state index in [1.54, 1.807) is 0 Å². The first kappa shape index (κ1) is 15.4. The maximum atomic E-state index is 12.1. The number of rotatable bonds is 4. The molecule has 0 radical (unpaired) electrons. The topological polar surface area (TPSA) is 133 Å². The lowest BCUT2D eigenvalue weighted by molar-refractivity contribution is -0.385. The Morgan fingerprint density at radius 1 is 1.27 bits per heavy atom. The Balaban J connectivity index is 2.38. The summed E-state index contributed by atoms with van der Waals surface area (Å²) in [5.74, 6) is -0.933. The molecule has 1 amide bonds. The molecule has 1 heterocycles. The van der Waals surface area contributed by atoms with Crippen molar-refractivity contribution < 1.29 is 14.6 Å². The number of carbonyl (C=O) groups excluding carboxylic acids is 1. The zero-order valence-corrected chi connectivity index (χ0v) is 11.8. The minimum Gasteiger partial charge on any atom is -0.315 e. The molecular formula is C11H8ClN5O5. The van der Waals surface area contributed by atoms with Crippen molar-refractivity contribution in [2.45, 2.75) is 0 Å². The first-order valence-electron chi connectivity index (χ1n) is 5.73. The van der Waals surface area contributed by atoms with Crippen LogP contribution >= 0.6 is 11.6 Å². The molecule has 1 aromatic heterocycles. The molecule has 11 heteroatoms. The lowest BCUT2D eigenvalue weighted by Gasteiger charge is -2.04. The molecular weight excluding hydrogens is 318 g/mol. The number of halogens is 1. The average Bonchev–Trinajstić information content (AvgIpc) is 2.83. The number of nitrogens with one attached hydrogen (secondary N) is 1. The molecule has 0 unspecified atom stereocenters. The fourth-order valence-electron chi connectivity index (χ4n) is 1.71. The highest BCUT2D eigenvalue weighted by Gasteiger charge is 2.26. The van der Waals surface area contributed by atoms with E-state index in [1.165, 1.54) is 19.2 Å². The zero-order valence-electron chi connectivity index (χ0n) is 11.0. The summed E-state index contributed by atoms with van der Waals surface area (Å²) in [4.78, 5) is 32.4. The lowest BCUT2D eigenvalue weighted by Crippen LogP contribution is -2.15. The molecule has 0 spiro atoms. The summed E-state index contributed by atoms with van der Waals surface area (Å²) in [6.07, 6.45) is 1.06. The van der Waals surface area contributed by atoms with Gasteiger partial charge in [-0.1, -0.05) is 11.6 Å². The van der Waals surface area contributed by atoms with Crippen LogP contribution in [-0.4, -0.2) is 25.5 Å². The highest BCUT2D eigenvalue weighted by atomic mass is 35.5. The van der Waals surface area contributed by atoms with Crippen molar-refractivity contribution in [1.82, 2.24) is 9.78 Å². The molecule has 22 heavy (non-hydrogen) atoms. The summed E-state index contributed by atoms with van der Waals surface area (Å²) in [5.41, 5.74) is -1.52. The number of nitro groups is 2. The van der Waals surface area contributed by atoms with Gasteiger partial charge in [0, 0.05) is 18.1 Å². The second-order valence-electron chi connectivity index (χ2n) is 4.17. The predicted octanol–water partition coefficient (Wildman–Crippen LogP) is 2.14. The van der Waals surface area contributed by atoms with E-state index in [1.807, 2.05) is 0 Å². The van der Waals surface area contributed by atoms with Gasteiger partial charge in [0.25, 0.3) is 11.6 Å². The predicted molar refractivity (Wildman–Crippen MR) is 75.9 cm³/mol. The molecule has 114 valence electrons. The average molecular weight is 326 g/mol. The van der Waals surface area contributed by atoms with Crippen LogP contribution in [0, 0.1) is 20.2 Å². The third-order valence-electron chi connectivity index (χ3n) is 2.63. The number of aryl methyl sites for hydroxylation is 1. The van der Waals surface area contributed by atoms with Crippen molar-refractivity contribution in [1.29, 1.82) is 0 Å². The van der Waals surface area contributed by atoms with E-state index in [0.29, 0.717) is 0 Å². The number of benzene rings is 1. The number of amides is 1. The van der Waals surface area contributed by atoms with Crippen LogP contribution in [0.5, 0.6) is 0 Å². The van der Waals surface area contributed by atoms with E-state index >= 15 is 0 Å². The number of hydrogen-bond donors (Lipinski definition) is 1. The molecule has 0 fully saturated rings. The molecule has 2 aromatic rings. The molecule has 0 saturated heterocycles. The molecule has 2 rings (SSSR count). The fourth-order valence-corrected chi connectivity index (χ4v) is 1.88. The van der Waals surface area contributed by atoms with Crippen molar-refractivity contribution in [3.8, 4) is 0 Å². The van der Waals surface area contributed by atoms with Gasteiger partial charge < -0.3 is 5.32 Å². The SMILES string of the molecule is Cn1cc([N+](=O)[O-])c(C(=O)Nc2ccc(Cl)cc2[N+](=O)[O-])n1. The number of nitrogens with zero attached hydrogens (tertiary/aromatic N) is 4. The van der Waals surface area contributed by atoms with Gasteiger partial charge >= 0.3 is 5.69 Å². The van der Waals surface area contributed by atoms with Gasteiger partial charge in [-0.15, -0.1) is 0 Å². The molecule has 10 nitrogen and oxygen atoms in total. The third-order valence-corrected chi connectivity index (χ3v) is 2.86. The van der Waals surface area contributed by atoms with Gasteiger partial charge in [-0.25, -0.2) is 0 Å². The van der Waals surface area contributed by atoms with Gasteiger partial charge in [0.05, 0.1) is 9.85 Å². The summed E-state index contributed by atoms with van der Waals surface area (Å²) in [6.45, 7) is 0. The largest absolute Gasteiger partial charge is 0.320 e. The number of anilines is 1. The van der Waals surface area contributed by atoms with E-state index in [-0.39, 0.29) is 10.7 Å². The summed E-state index contributed by atoms with van der Waals surface area (Å²) in [6, 6.07) is 3.63. The second-order valence-corrected chi connectivity index (χ2v) is 4.60. The number of carbonyl (C=O) groups is 1. The number of nitro benzene ring substituents is 1. The lowest BCUT2D eigenvalue weighted by atomic mass is 10.2. The Bertz CT molecular complexity index is 787. The van der Waals surface area contributed by atoms with Gasteiger partial charge in [0.2, 0.25) is 5.69 Å². The van der Waals surface area contributed by atoms with Gasteiger partial charge in [-0.05, 0) is 12.1 Å². The minimum absolute atomic E-state index is 0.119. The standard InChI is InChI=1S/C11H8ClN5O5/c1-15-5-9(17(21)22)10(14-15)11(18)13-7-3-2-6(12)4-8(7)16(19)20/h2-5H,1H3,(H,13,18). The van der Waals surface area contributed by atoms with Gasteiger partial charge in [-0.3, -0.25) is 29.7 Å². The molecule has 0 aliphatic rings. The van der Waals surface area contributed by atoms with E-state index in [2.05, 4.69) is 10.4 Å². The van der Waals surface area contributed by atoms with Crippen LogP contribution in [0.2, 0.25) is 5.02 Å². The summed E-state index contributed by atoms with van der Waals surface area (Å²) >= 11 is 5.66. The van der Waals surface area contributed by atoms with Crippen LogP contribution in [0.1, 0.15) is 10.5 Å². The smallest absolute Gasteiger partial charge is 0.315 e. The normalized spacial score (nSPS) is 10.3. The van der Waals surface area contributed by atoms with Gasteiger partial charge in [-0.2, -0.15) is 5.10 Å². The summed E-state index contributed by atoms with van der Waals surface area (Å²) in [7, 11) is 1.41. The summed E-state index contributed by atoms with van der Waals surface area (Å²) < 4.78 is 1.10. The number of hydrogen-bond acceptors (Lipinski definition) is 6. The zero-order chi connectivity index (χ0) is 16.4.